The van der Waals surface area contributed by atoms with Crippen LogP contribution in [0.25, 0.3) is 11.0 Å². The Morgan fingerprint density at radius 2 is 1.72 bits per heavy atom. The second-order valence-corrected chi connectivity index (χ2v) is 6.39. The van der Waals surface area contributed by atoms with Crippen molar-refractivity contribution >= 4 is 28.6 Å². The fourth-order valence-corrected chi connectivity index (χ4v) is 2.79. The number of aromatic carboxylic acids is 1. The maximum absolute atomic E-state index is 12.9. The first kappa shape index (κ1) is 20.7. The van der Waals surface area contributed by atoms with Crippen LogP contribution in [0.3, 0.4) is 0 Å². The van der Waals surface area contributed by atoms with Crippen molar-refractivity contribution in [2.24, 2.45) is 0 Å². The molecule has 2 aromatic carbocycles. The SMILES string of the molecule is O=C(O)c1ccc(NC(=O)c2nc3ccccc3nc2Oc2cccc(OCF)c2)cn1. The molecule has 0 saturated carbocycles. The zero-order valence-corrected chi connectivity index (χ0v) is 16.4. The van der Waals surface area contributed by atoms with E-state index < -0.39 is 18.7 Å². The van der Waals surface area contributed by atoms with E-state index in [2.05, 4.69) is 20.3 Å². The summed E-state index contributed by atoms with van der Waals surface area (Å²) < 4.78 is 23.1. The van der Waals surface area contributed by atoms with Gasteiger partial charge in [0.2, 0.25) is 6.86 Å². The molecular formula is C22H15FN4O5. The minimum Gasteiger partial charge on any atom is -0.477 e. The molecule has 0 atom stereocenters. The molecule has 0 bridgehead atoms. The number of aromatic nitrogens is 3. The number of ether oxygens (including phenoxy) is 2. The third kappa shape index (κ3) is 4.59. The number of carbonyl (C=O) groups excluding carboxylic acids is 1. The molecule has 0 aliphatic carbocycles. The molecule has 4 aromatic rings. The molecule has 4 rings (SSSR count). The van der Waals surface area contributed by atoms with Crippen molar-refractivity contribution in [2.75, 3.05) is 12.2 Å². The number of alkyl halides is 1. The van der Waals surface area contributed by atoms with E-state index in [-0.39, 0.29) is 34.5 Å². The van der Waals surface area contributed by atoms with Crippen LogP contribution in [0.5, 0.6) is 17.4 Å². The van der Waals surface area contributed by atoms with Crippen LogP contribution in [-0.4, -0.2) is 38.8 Å². The first-order valence-corrected chi connectivity index (χ1v) is 9.27. The molecular weight excluding hydrogens is 419 g/mol. The van der Waals surface area contributed by atoms with Crippen LogP contribution in [0.4, 0.5) is 10.1 Å². The molecule has 2 aromatic heterocycles. The van der Waals surface area contributed by atoms with E-state index in [1.165, 1.54) is 24.4 Å². The minimum atomic E-state index is -1.18. The van der Waals surface area contributed by atoms with Gasteiger partial charge in [0, 0.05) is 6.07 Å². The van der Waals surface area contributed by atoms with Crippen molar-refractivity contribution in [2.45, 2.75) is 0 Å². The van der Waals surface area contributed by atoms with Crippen LogP contribution in [-0.2, 0) is 0 Å². The molecule has 0 unspecified atom stereocenters. The number of carboxylic acid groups (broad SMARTS) is 1. The van der Waals surface area contributed by atoms with Gasteiger partial charge in [-0.3, -0.25) is 4.79 Å². The lowest BCUT2D eigenvalue weighted by molar-refractivity contribution is 0.0690. The molecule has 2 N–H and O–H groups in total. The zero-order chi connectivity index (χ0) is 22.5. The highest BCUT2D eigenvalue weighted by Gasteiger charge is 2.19. The summed E-state index contributed by atoms with van der Waals surface area (Å²) in [4.78, 5) is 36.4. The highest BCUT2D eigenvalue weighted by molar-refractivity contribution is 6.05. The number of nitrogens with zero attached hydrogens (tertiary/aromatic N) is 3. The first-order chi connectivity index (χ1) is 15.5. The Bertz CT molecular complexity index is 1300. The zero-order valence-electron chi connectivity index (χ0n) is 16.4. The summed E-state index contributed by atoms with van der Waals surface area (Å²) in [6.45, 7) is -0.998. The van der Waals surface area contributed by atoms with Crippen LogP contribution >= 0.6 is 0 Å². The Labute approximate surface area is 180 Å². The normalized spacial score (nSPS) is 10.5. The van der Waals surface area contributed by atoms with E-state index in [1.54, 1.807) is 42.5 Å². The van der Waals surface area contributed by atoms with Gasteiger partial charge in [-0.05, 0) is 36.4 Å². The van der Waals surface area contributed by atoms with Crippen molar-refractivity contribution in [3.63, 3.8) is 0 Å². The van der Waals surface area contributed by atoms with Crippen LogP contribution < -0.4 is 14.8 Å². The highest BCUT2D eigenvalue weighted by Crippen LogP contribution is 2.28. The highest BCUT2D eigenvalue weighted by atomic mass is 19.1. The fraction of sp³-hybridized carbons (Fsp3) is 0.0455. The molecule has 1 amide bonds. The number of amides is 1. The van der Waals surface area contributed by atoms with Crippen LogP contribution in [0.15, 0.2) is 66.9 Å². The predicted molar refractivity (Wildman–Crippen MR) is 112 cm³/mol. The number of pyridine rings is 1. The Morgan fingerprint density at radius 1 is 0.969 bits per heavy atom. The summed E-state index contributed by atoms with van der Waals surface area (Å²) >= 11 is 0. The number of carbonyl (C=O) groups is 2. The fourth-order valence-electron chi connectivity index (χ4n) is 2.79. The Balaban J connectivity index is 1.68. The average molecular weight is 434 g/mol. The van der Waals surface area contributed by atoms with E-state index in [0.717, 1.165) is 0 Å². The number of anilines is 1. The lowest BCUT2D eigenvalue weighted by atomic mass is 10.2. The van der Waals surface area contributed by atoms with Gasteiger partial charge < -0.3 is 19.9 Å². The van der Waals surface area contributed by atoms with Crippen LogP contribution in [0, 0.1) is 0 Å². The van der Waals surface area contributed by atoms with Gasteiger partial charge >= 0.3 is 5.97 Å². The van der Waals surface area contributed by atoms with Crippen LogP contribution in [0.2, 0.25) is 0 Å². The summed E-state index contributed by atoms with van der Waals surface area (Å²) in [5.41, 5.74) is 0.969. The second-order valence-electron chi connectivity index (χ2n) is 6.39. The standard InChI is InChI=1S/C22H15FN4O5/c23-12-31-14-4-3-5-15(10-14)32-21-19(26-16-6-1-2-7-17(16)27-21)20(28)25-13-8-9-18(22(29)30)24-11-13/h1-11H,12H2,(H,25,28)(H,29,30). The number of nitrogens with one attached hydrogen (secondary N) is 1. The van der Waals surface area contributed by atoms with Gasteiger partial charge in [0.05, 0.1) is 22.9 Å². The molecule has 0 spiro atoms. The summed E-state index contributed by atoms with van der Waals surface area (Å²) in [7, 11) is 0. The van der Waals surface area contributed by atoms with Gasteiger partial charge in [0.1, 0.15) is 17.2 Å². The Morgan fingerprint density at radius 3 is 2.41 bits per heavy atom. The van der Waals surface area contributed by atoms with Gasteiger partial charge in [-0.2, -0.15) is 0 Å². The van der Waals surface area contributed by atoms with Gasteiger partial charge in [-0.1, -0.05) is 18.2 Å². The molecule has 0 saturated heterocycles. The Kier molecular flexibility index (Phi) is 5.84. The molecule has 2 heterocycles. The summed E-state index contributed by atoms with van der Waals surface area (Å²) in [5, 5.41) is 11.5. The number of fused-ring (bicyclic) bond motifs is 1. The number of rotatable bonds is 7. The number of para-hydroxylation sites is 2. The number of hydrogen-bond donors (Lipinski definition) is 2. The van der Waals surface area contributed by atoms with Crippen molar-refractivity contribution in [3.05, 3.63) is 78.2 Å². The minimum absolute atomic E-state index is 0.0753. The topological polar surface area (TPSA) is 124 Å². The van der Waals surface area contributed by atoms with Crippen molar-refractivity contribution < 1.29 is 28.6 Å². The smallest absolute Gasteiger partial charge is 0.354 e. The number of benzene rings is 2. The number of carboxylic acids is 1. The maximum atomic E-state index is 12.9. The van der Waals surface area contributed by atoms with Crippen molar-refractivity contribution in [1.82, 2.24) is 15.0 Å². The molecule has 0 radical (unpaired) electrons. The van der Waals surface area contributed by atoms with E-state index in [0.29, 0.717) is 11.0 Å². The number of hydrogen-bond acceptors (Lipinski definition) is 7. The van der Waals surface area contributed by atoms with Crippen LogP contribution in [0.1, 0.15) is 21.0 Å². The molecule has 9 nitrogen and oxygen atoms in total. The lowest BCUT2D eigenvalue weighted by Gasteiger charge is -2.12. The molecule has 0 aliphatic rings. The molecule has 0 fully saturated rings. The summed E-state index contributed by atoms with van der Waals surface area (Å²) in [6, 6.07) is 15.8. The van der Waals surface area contributed by atoms with Gasteiger partial charge in [0.25, 0.3) is 11.8 Å². The maximum Gasteiger partial charge on any atom is 0.354 e. The second kappa shape index (κ2) is 9.04. The van der Waals surface area contributed by atoms with Crippen molar-refractivity contribution in [1.29, 1.82) is 0 Å². The Hall–Kier alpha value is -4.60. The van der Waals surface area contributed by atoms with Crippen molar-refractivity contribution in [3.8, 4) is 17.4 Å². The largest absolute Gasteiger partial charge is 0.477 e. The van der Waals surface area contributed by atoms with E-state index in [4.69, 9.17) is 14.6 Å². The number of halogens is 1. The molecule has 0 aliphatic heterocycles. The quantitative estimate of drug-likeness (QED) is 0.446. The van der Waals surface area contributed by atoms with E-state index >= 15 is 0 Å². The van der Waals surface area contributed by atoms with Gasteiger partial charge in [0.15, 0.2) is 5.69 Å². The lowest BCUT2D eigenvalue weighted by Crippen LogP contribution is -2.16. The third-order valence-corrected chi connectivity index (χ3v) is 4.24. The third-order valence-electron chi connectivity index (χ3n) is 4.24. The predicted octanol–water partition coefficient (Wildman–Crippen LogP) is 4.07. The molecule has 10 heteroatoms. The first-order valence-electron chi connectivity index (χ1n) is 9.27. The van der Waals surface area contributed by atoms with E-state index in [9.17, 15) is 14.0 Å². The average Bonchev–Trinajstić information content (AvgIpc) is 2.79. The van der Waals surface area contributed by atoms with Gasteiger partial charge in [-0.25, -0.2) is 24.1 Å². The summed E-state index contributed by atoms with van der Waals surface area (Å²) in [5.74, 6) is -1.39. The van der Waals surface area contributed by atoms with Gasteiger partial charge in [-0.15, -0.1) is 0 Å². The summed E-state index contributed by atoms with van der Waals surface area (Å²) in [6.07, 6.45) is 1.22. The van der Waals surface area contributed by atoms with E-state index in [1.807, 2.05) is 0 Å². The molecule has 160 valence electrons. The monoisotopic (exact) mass is 434 g/mol. The molecule has 32 heavy (non-hydrogen) atoms.